The molecule has 0 bridgehead atoms. The molecule has 1 aromatic rings. The van der Waals surface area contributed by atoms with Gasteiger partial charge in [-0.1, -0.05) is 6.08 Å². The molecule has 0 spiro atoms. The quantitative estimate of drug-likeness (QED) is 0.730. The van der Waals surface area contributed by atoms with E-state index in [0.717, 1.165) is 0 Å². The molecule has 1 aromatic heterocycles. The number of rotatable bonds is 5. The van der Waals surface area contributed by atoms with Crippen LogP contribution in [0.4, 0.5) is 5.69 Å². The lowest BCUT2D eigenvalue weighted by Gasteiger charge is -2.04. The summed E-state index contributed by atoms with van der Waals surface area (Å²) in [7, 11) is 3.82. The van der Waals surface area contributed by atoms with Crippen molar-refractivity contribution in [1.82, 2.24) is 9.88 Å². The number of pyridine rings is 1. The first-order chi connectivity index (χ1) is 8.49. The summed E-state index contributed by atoms with van der Waals surface area (Å²) in [6.45, 7) is 0.687. The Labute approximate surface area is 105 Å². The van der Waals surface area contributed by atoms with Crippen LogP contribution in [0, 0.1) is 0 Å². The highest BCUT2D eigenvalue weighted by atomic mass is 16.1. The summed E-state index contributed by atoms with van der Waals surface area (Å²) in [5.41, 5.74) is 5.73. The van der Waals surface area contributed by atoms with E-state index < -0.39 is 5.91 Å². The topological polar surface area (TPSA) is 88.3 Å². The summed E-state index contributed by atoms with van der Waals surface area (Å²) in [5.74, 6) is -0.843. The van der Waals surface area contributed by atoms with Gasteiger partial charge in [0.1, 0.15) is 5.69 Å². The van der Waals surface area contributed by atoms with Gasteiger partial charge >= 0.3 is 0 Å². The minimum absolute atomic E-state index is 0.163. The summed E-state index contributed by atoms with van der Waals surface area (Å²) >= 11 is 0. The molecule has 0 saturated heterocycles. The average molecular weight is 248 g/mol. The number of anilines is 1. The van der Waals surface area contributed by atoms with E-state index in [0.29, 0.717) is 12.2 Å². The minimum Gasteiger partial charge on any atom is -0.364 e. The van der Waals surface area contributed by atoms with Gasteiger partial charge in [0.05, 0.1) is 11.9 Å². The van der Waals surface area contributed by atoms with Crippen molar-refractivity contribution in [1.29, 1.82) is 0 Å². The Morgan fingerprint density at radius 1 is 1.44 bits per heavy atom. The van der Waals surface area contributed by atoms with Gasteiger partial charge in [-0.3, -0.25) is 9.59 Å². The Hall–Kier alpha value is -2.21. The van der Waals surface area contributed by atoms with E-state index in [1.165, 1.54) is 18.3 Å². The second-order valence-electron chi connectivity index (χ2n) is 3.95. The Bertz CT molecular complexity index is 452. The van der Waals surface area contributed by atoms with Gasteiger partial charge in [-0.25, -0.2) is 4.98 Å². The number of carbonyl (C=O) groups is 2. The Morgan fingerprint density at radius 2 is 2.17 bits per heavy atom. The van der Waals surface area contributed by atoms with Gasteiger partial charge in [0, 0.05) is 12.6 Å². The molecule has 0 unspecified atom stereocenters. The molecular formula is C12H16N4O2. The van der Waals surface area contributed by atoms with Crippen LogP contribution in [0.1, 0.15) is 10.5 Å². The molecule has 0 radical (unpaired) electrons. The SMILES string of the molecule is CN(C)C/C=C/C(=O)Nc1ccc(C(N)=O)nc1. The lowest BCUT2D eigenvalue weighted by atomic mass is 10.3. The Kier molecular flexibility index (Phi) is 5.01. The molecule has 0 aliphatic rings. The van der Waals surface area contributed by atoms with Gasteiger partial charge in [0.15, 0.2) is 0 Å². The van der Waals surface area contributed by atoms with E-state index in [-0.39, 0.29) is 11.6 Å². The van der Waals surface area contributed by atoms with Crippen LogP contribution in [0.25, 0.3) is 0 Å². The molecule has 0 fully saturated rings. The van der Waals surface area contributed by atoms with Gasteiger partial charge in [0.25, 0.3) is 5.91 Å². The summed E-state index contributed by atoms with van der Waals surface area (Å²) in [4.78, 5) is 28.0. The molecule has 2 amide bonds. The number of nitrogens with one attached hydrogen (secondary N) is 1. The molecule has 0 aliphatic carbocycles. The molecule has 1 rings (SSSR count). The van der Waals surface area contributed by atoms with Gasteiger partial charge in [-0.05, 0) is 26.2 Å². The molecule has 6 heteroatoms. The van der Waals surface area contributed by atoms with Crippen molar-refractivity contribution >= 4 is 17.5 Å². The molecule has 0 saturated carbocycles. The summed E-state index contributed by atoms with van der Waals surface area (Å²) in [5, 5.41) is 2.62. The number of nitrogens with zero attached hydrogens (tertiary/aromatic N) is 2. The zero-order valence-corrected chi connectivity index (χ0v) is 10.4. The molecule has 6 nitrogen and oxygen atoms in total. The number of nitrogens with two attached hydrogens (primary N) is 1. The predicted molar refractivity (Wildman–Crippen MR) is 69.1 cm³/mol. The van der Waals surface area contributed by atoms with Crippen LogP contribution >= 0.6 is 0 Å². The van der Waals surface area contributed by atoms with E-state index >= 15 is 0 Å². The Balaban J connectivity index is 2.54. The lowest BCUT2D eigenvalue weighted by molar-refractivity contribution is -0.111. The van der Waals surface area contributed by atoms with Gasteiger partial charge in [-0.15, -0.1) is 0 Å². The zero-order valence-electron chi connectivity index (χ0n) is 10.4. The third-order valence-electron chi connectivity index (χ3n) is 2.02. The maximum atomic E-state index is 11.5. The molecule has 0 aliphatic heterocycles. The van der Waals surface area contributed by atoms with Crippen molar-refractivity contribution in [3.05, 3.63) is 36.2 Å². The number of hydrogen-bond acceptors (Lipinski definition) is 4. The van der Waals surface area contributed by atoms with Gasteiger partial charge in [0.2, 0.25) is 5.91 Å². The highest BCUT2D eigenvalue weighted by Crippen LogP contribution is 2.05. The largest absolute Gasteiger partial charge is 0.364 e. The summed E-state index contributed by atoms with van der Waals surface area (Å²) in [6.07, 6.45) is 4.58. The van der Waals surface area contributed by atoms with E-state index in [1.54, 1.807) is 12.1 Å². The number of primary amides is 1. The lowest BCUT2D eigenvalue weighted by Crippen LogP contribution is -2.14. The number of likely N-dealkylation sites (N-methyl/N-ethyl adjacent to an activating group) is 1. The molecular weight excluding hydrogens is 232 g/mol. The fourth-order valence-electron chi connectivity index (χ4n) is 1.17. The monoisotopic (exact) mass is 248 g/mol. The van der Waals surface area contributed by atoms with Crippen LogP contribution in [0.3, 0.4) is 0 Å². The molecule has 18 heavy (non-hydrogen) atoms. The van der Waals surface area contributed by atoms with Gasteiger partial charge in [-0.2, -0.15) is 0 Å². The molecule has 96 valence electrons. The number of hydrogen-bond donors (Lipinski definition) is 2. The zero-order chi connectivity index (χ0) is 13.5. The third kappa shape index (κ3) is 4.75. The Morgan fingerprint density at radius 3 is 2.67 bits per heavy atom. The number of aromatic nitrogens is 1. The van der Waals surface area contributed by atoms with Crippen LogP contribution in [0.2, 0.25) is 0 Å². The minimum atomic E-state index is -0.598. The highest BCUT2D eigenvalue weighted by molar-refractivity contribution is 5.99. The molecule has 1 heterocycles. The van der Waals surface area contributed by atoms with E-state index in [9.17, 15) is 9.59 Å². The van der Waals surface area contributed by atoms with Crippen LogP contribution in [0.5, 0.6) is 0 Å². The fraction of sp³-hybridized carbons (Fsp3) is 0.250. The first-order valence-electron chi connectivity index (χ1n) is 5.37. The van der Waals surface area contributed by atoms with Crippen molar-refractivity contribution in [2.24, 2.45) is 5.73 Å². The maximum Gasteiger partial charge on any atom is 0.267 e. The first kappa shape index (κ1) is 13.9. The standard InChI is InChI=1S/C12H16N4O2/c1-16(2)7-3-4-11(17)15-9-5-6-10(12(13)18)14-8-9/h3-6,8H,7H2,1-2H3,(H2,13,18)(H,15,17)/b4-3+. The average Bonchev–Trinajstić information content (AvgIpc) is 2.29. The van der Waals surface area contributed by atoms with E-state index in [4.69, 9.17) is 5.73 Å². The smallest absolute Gasteiger partial charge is 0.267 e. The van der Waals surface area contributed by atoms with Crippen molar-refractivity contribution in [3.8, 4) is 0 Å². The van der Waals surface area contributed by atoms with Gasteiger partial charge < -0.3 is 16.0 Å². The van der Waals surface area contributed by atoms with Crippen LogP contribution in [-0.2, 0) is 4.79 Å². The maximum absolute atomic E-state index is 11.5. The van der Waals surface area contributed by atoms with Crippen LogP contribution in [-0.4, -0.2) is 42.3 Å². The predicted octanol–water partition coefficient (Wildman–Crippen LogP) is 0.237. The van der Waals surface area contributed by atoms with E-state index in [2.05, 4.69) is 10.3 Å². The number of amides is 2. The molecule has 0 atom stereocenters. The van der Waals surface area contributed by atoms with Crippen LogP contribution < -0.4 is 11.1 Å². The third-order valence-corrected chi connectivity index (χ3v) is 2.02. The van der Waals surface area contributed by atoms with Crippen molar-refractivity contribution in [2.45, 2.75) is 0 Å². The van der Waals surface area contributed by atoms with Crippen molar-refractivity contribution in [2.75, 3.05) is 26.0 Å². The van der Waals surface area contributed by atoms with Crippen molar-refractivity contribution in [3.63, 3.8) is 0 Å². The summed E-state index contributed by atoms with van der Waals surface area (Å²) < 4.78 is 0. The fourth-order valence-corrected chi connectivity index (χ4v) is 1.17. The number of carbonyl (C=O) groups excluding carboxylic acids is 2. The molecule has 3 N–H and O–H groups in total. The van der Waals surface area contributed by atoms with Crippen molar-refractivity contribution < 1.29 is 9.59 Å². The van der Waals surface area contributed by atoms with Crippen LogP contribution in [0.15, 0.2) is 30.5 Å². The highest BCUT2D eigenvalue weighted by Gasteiger charge is 2.02. The van der Waals surface area contributed by atoms with E-state index in [1.807, 2.05) is 19.0 Å². The molecule has 0 aromatic carbocycles. The normalized spacial score (nSPS) is 10.8. The first-order valence-corrected chi connectivity index (χ1v) is 5.37. The second kappa shape index (κ2) is 6.51. The summed E-state index contributed by atoms with van der Waals surface area (Å²) in [6, 6.07) is 3.03. The second-order valence-corrected chi connectivity index (χ2v) is 3.95.